The first-order valence-corrected chi connectivity index (χ1v) is 6.01. The van der Waals surface area contributed by atoms with E-state index in [0.717, 1.165) is 12.1 Å². The van der Waals surface area contributed by atoms with Gasteiger partial charge in [-0.1, -0.05) is 23.7 Å². The van der Waals surface area contributed by atoms with E-state index >= 15 is 0 Å². The number of benzene rings is 2. The van der Waals surface area contributed by atoms with E-state index in [1.165, 1.54) is 24.3 Å². The van der Waals surface area contributed by atoms with Crippen LogP contribution in [0.25, 0.3) is 0 Å². The maximum atomic E-state index is 13.7. The number of nitrogens with two attached hydrogens (primary N) is 1. The van der Waals surface area contributed by atoms with Gasteiger partial charge >= 0.3 is 0 Å². The Morgan fingerprint density at radius 2 is 1.47 bits per heavy atom. The van der Waals surface area contributed by atoms with E-state index in [1.807, 2.05) is 0 Å². The van der Waals surface area contributed by atoms with Gasteiger partial charge in [0.2, 0.25) is 0 Å². The van der Waals surface area contributed by atoms with Gasteiger partial charge in [0.05, 0.1) is 0 Å². The van der Waals surface area contributed by atoms with Gasteiger partial charge in [-0.2, -0.15) is 0 Å². The highest BCUT2D eigenvalue weighted by Gasteiger charge is 2.19. The van der Waals surface area contributed by atoms with E-state index in [4.69, 9.17) is 17.3 Å². The molecule has 2 rings (SSSR count). The van der Waals surface area contributed by atoms with Crippen LogP contribution in [0, 0.1) is 17.5 Å². The number of hydrogen-bond acceptors (Lipinski definition) is 1. The van der Waals surface area contributed by atoms with Crippen molar-refractivity contribution in [2.75, 3.05) is 0 Å². The molecule has 0 aliphatic heterocycles. The summed E-state index contributed by atoms with van der Waals surface area (Å²) in [5, 5.41) is 0.143. The van der Waals surface area contributed by atoms with Gasteiger partial charge < -0.3 is 5.73 Å². The van der Waals surface area contributed by atoms with Crippen LogP contribution in [0.15, 0.2) is 36.4 Å². The van der Waals surface area contributed by atoms with Crippen LogP contribution in [-0.4, -0.2) is 0 Å². The lowest BCUT2D eigenvalue weighted by molar-refractivity contribution is 0.528. The number of halogens is 4. The van der Waals surface area contributed by atoms with Crippen LogP contribution in [0.2, 0.25) is 5.02 Å². The fraction of sp³-hybridized carbons (Fsp3) is 0.143. The average Bonchev–Trinajstić information content (AvgIpc) is 2.34. The first-order valence-electron chi connectivity index (χ1n) is 5.63. The van der Waals surface area contributed by atoms with Crippen LogP contribution in [0.5, 0.6) is 0 Å². The van der Waals surface area contributed by atoms with Gasteiger partial charge in [-0.3, -0.25) is 0 Å². The van der Waals surface area contributed by atoms with E-state index in [9.17, 15) is 13.2 Å². The largest absolute Gasteiger partial charge is 0.324 e. The molecule has 0 radical (unpaired) electrons. The van der Waals surface area contributed by atoms with Crippen molar-refractivity contribution in [2.45, 2.75) is 12.5 Å². The molecule has 2 aromatic rings. The summed E-state index contributed by atoms with van der Waals surface area (Å²) in [6.45, 7) is 0. The van der Waals surface area contributed by atoms with E-state index in [2.05, 4.69) is 0 Å². The second-order valence-corrected chi connectivity index (χ2v) is 4.55. The maximum absolute atomic E-state index is 13.7. The molecule has 2 aromatic carbocycles. The van der Waals surface area contributed by atoms with Gasteiger partial charge in [0.15, 0.2) is 0 Å². The molecule has 0 aliphatic rings. The monoisotopic (exact) mass is 285 g/mol. The van der Waals surface area contributed by atoms with Crippen molar-refractivity contribution in [2.24, 2.45) is 5.73 Å². The molecule has 0 amide bonds. The Kier molecular flexibility index (Phi) is 4.12. The van der Waals surface area contributed by atoms with Crippen molar-refractivity contribution in [1.29, 1.82) is 0 Å². The van der Waals surface area contributed by atoms with Gasteiger partial charge in [-0.15, -0.1) is 0 Å². The van der Waals surface area contributed by atoms with Gasteiger partial charge in [0.25, 0.3) is 0 Å². The number of hydrogen-bond donors (Lipinski definition) is 1. The first-order chi connectivity index (χ1) is 9.00. The summed E-state index contributed by atoms with van der Waals surface area (Å²) >= 11 is 5.86. The van der Waals surface area contributed by atoms with Gasteiger partial charge in [-0.25, -0.2) is 13.2 Å². The lowest BCUT2D eigenvalue weighted by Gasteiger charge is -2.15. The summed E-state index contributed by atoms with van der Waals surface area (Å²) in [4.78, 5) is 0. The Balaban J connectivity index is 2.34. The fourth-order valence-electron chi connectivity index (χ4n) is 1.91. The Morgan fingerprint density at radius 3 is 2.05 bits per heavy atom. The smallest absolute Gasteiger partial charge is 0.129 e. The molecular weight excluding hydrogens is 275 g/mol. The molecular formula is C14H11ClF3N. The first kappa shape index (κ1) is 13.9. The molecule has 0 aromatic heterocycles. The maximum Gasteiger partial charge on any atom is 0.129 e. The molecule has 1 nitrogen and oxygen atoms in total. The lowest BCUT2D eigenvalue weighted by Crippen LogP contribution is -2.17. The normalized spacial score (nSPS) is 12.5. The van der Waals surface area contributed by atoms with Crippen molar-refractivity contribution < 1.29 is 13.2 Å². The SMILES string of the molecule is NC(Cc1c(F)cccc1F)c1c(F)cccc1Cl. The zero-order valence-corrected chi connectivity index (χ0v) is 10.6. The highest BCUT2D eigenvalue weighted by molar-refractivity contribution is 6.31. The van der Waals surface area contributed by atoms with Crippen LogP contribution < -0.4 is 5.73 Å². The lowest BCUT2D eigenvalue weighted by atomic mass is 9.98. The van der Waals surface area contributed by atoms with Crippen molar-refractivity contribution in [1.82, 2.24) is 0 Å². The van der Waals surface area contributed by atoms with Crippen molar-refractivity contribution >= 4 is 11.6 Å². The summed E-state index contributed by atoms with van der Waals surface area (Å²) in [7, 11) is 0. The van der Waals surface area contributed by atoms with E-state index in [-0.39, 0.29) is 22.6 Å². The van der Waals surface area contributed by atoms with Crippen molar-refractivity contribution in [3.63, 3.8) is 0 Å². The molecule has 0 heterocycles. The van der Waals surface area contributed by atoms with Crippen LogP contribution >= 0.6 is 11.6 Å². The second-order valence-electron chi connectivity index (χ2n) is 4.15. The van der Waals surface area contributed by atoms with E-state index in [0.29, 0.717) is 0 Å². The van der Waals surface area contributed by atoms with Gasteiger partial charge in [-0.05, 0) is 30.7 Å². The molecule has 1 unspecified atom stereocenters. The van der Waals surface area contributed by atoms with Crippen LogP contribution in [0.1, 0.15) is 17.2 Å². The Morgan fingerprint density at radius 1 is 0.947 bits per heavy atom. The molecule has 0 saturated heterocycles. The highest BCUT2D eigenvalue weighted by atomic mass is 35.5. The highest BCUT2D eigenvalue weighted by Crippen LogP contribution is 2.28. The molecule has 0 spiro atoms. The number of rotatable bonds is 3. The minimum Gasteiger partial charge on any atom is -0.324 e. The summed E-state index contributed by atoms with van der Waals surface area (Å²) in [6, 6.07) is 6.74. The summed E-state index contributed by atoms with van der Waals surface area (Å²) in [5.74, 6) is -2.00. The Hall–Kier alpha value is -1.52. The minimum absolute atomic E-state index is 0.0619. The third-order valence-corrected chi connectivity index (χ3v) is 3.19. The topological polar surface area (TPSA) is 26.0 Å². The van der Waals surface area contributed by atoms with Gasteiger partial charge in [0.1, 0.15) is 17.5 Å². The molecule has 0 bridgehead atoms. The predicted octanol–water partition coefficient (Wildman–Crippen LogP) is 4.00. The molecule has 2 N–H and O–H groups in total. The summed E-state index contributed by atoms with van der Waals surface area (Å²) in [5.41, 5.74) is 5.70. The average molecular weight is 286 g/mol. The molecule has 0 saturated carbocycles. The molecule has 0 fully saturated rings. The molecule has 1 atom stereocenters. The summed E-state index contributed by atoms with van der Waals surface area (Å²) < 4.78 is 40.7. The molecule has 100 valence electrons. The van der Waals surface area contributed by atoms with Crippen LogP contribution in [0.4, 0.5) is 13.2 Å². The zero-order chi connectivity index (χ0) is 14.0. The van der Waals surface area contributed by atoms with E-state index < -0.39 is 23.5 Å². The third kappa shape index (κ3) is 2.91. The minimum atomic E-state index is -0.917. The third-order valence-electron chi connectivity index (χ3n) is 2.86. The second kappa shape index (κ2) is 5.63. The molecule has 5 heteroatoms. The zero-order valence-electron chi connectivity index (χ0n) is 9.84. The quantitative estimate of drug-likeness (QED) is 0.906. The fourth-order valence-corrected chi connectivity index (χ4v) is 2.22. The Labute approximate surface area is 113 Å². The summed E-state index contributed by atoms with van der Waals surface area (Å²) in [6.07, 6.45) is -0.168. The molecule has 0 aliphatic carbocycles. The van der Waals surface area contributed by atoms with Gasteiger partial charge in [0, 0.05) is 22.2 Å². The van der Waals surface area contributed by atoms with Crippen LogP contribution in [0.3, 0.4) is 0 Å². The predicted molar refractivity (Wildman–Crippen MR) is 68.4 cm³/mol. The Bertz CT molecular complexity index is 561. The standard InChI is InChI=1S/C14H11ClF3N/c15-9-3-1-6-12(18)14(9)13(19)7-8-10(16)4-2-5-11(8)17/h1-6,13H,7,19H2. The van der Waals surface area contributed by atoms with Crippen molar-refractivity contribution in [3.8, 4) is 0 Å². The van der Waals surface area contributed by atoms with Crippen molar-refractivity contribution in [3.05, 3.63) is 70.0 Å². The molecule has 19 heavy (non-hydrogen) atoms. The van der Waals surface area contributed by atoms with Crippen LogP contribution in [-0.2, 0) is 6.42 Å². The van der Waals surface area contributed by atoms with E-state index in [1.54, 1.807) is 0 Å².